The molecule has 6 heteroatoms. The first kappa shape index (κ1) is 12.9. The molecule has 0 aromatic carbocycles. The summed E-state index contributed by atoms with van der Waals surface area (Å²) in [6, 6.07) is 5.59. The van der Waals surface area contributed by atoms with Gasteiger partial charge in [0.15, 0.2) is 0 Å². The van der Waals surface area contributed by atoms with Crippen molar-refractivity contribution < 1.29 is 13.9 Å². The third-order valence-electron chi connectivity index (χ3n) is 2.74. The molecule has 0 atom stereocenters. The second-order valence-corrected chi connectivity index (χ2v) is 4.19. The van der Waals surface area contributed by atoms with Crippen LogP contribution in [0.2, 0.25) is 0 Å². The van der Waals surface area contributed by atoms with Crippen LogP contribution < -0.4 is 5.32 Å². The van der Waals surface area contributed by atoms with Crippen LogP contribution in [0.3, 0.4) is 0 Å². The summed E-state index contributed by atoms with van der Waals surface area (Å²) in [5, 5.41) is 11.1. The maximum atomic E-state index is 12.9. The van der Waals surface area contributed by atoms with Crippen molar-refractivity contribution >= 4 is 5.65 Å². The molecule has 0 spiro atoms. The van der Waals surface area contributed by atoms with E-state index < -0.39 is 19.1 Å². The number of imidazole rings is 1. The Morgan fingerprint density at radius 2 is 2.22 bits per heavy atom. The van der Waals surface area contributed by atoms with Gasteiger partial charge in [0.25, 0.3) is 5.92 Å². The average Bonchev–Trinajstić information content (AvgIpc) is 2.66. The van der Waals surface area contributed by atoms with Gasteiger partial charge < -0.3 is 14.8 Å². The van der Waals surface area contributed by atoms with Crippen LogP contribution >= 0.6 is 0 Å². The monoisotopic (exact) mass is 255 g/mol. The van der Waals surface area contributed by atoms with E-state index in [2.05, 4.69) is 10.3 Å². The zero-order valence-electron chi connectivity index (χ0n) is 10.0. The Morgan fingerprint density at radius 1 is 1.44 bits per heavy atom. The Labute approximate surface area is 103 Å². The van der Waals surface area contributed by atoms with Crippen LogP contribution in [0.1, 0.15) is 11.4 Å². The smallest absolute Gasteiger partial charge is 0.282 e. The van der Waals surface area contributed by atoms with Crippen LogP contribution in [0.5, 0.6) is 0 Å². The summed E-state index contributed by atoms with van der Waals surface area (Å²) in [7, 11) is 0. The molecule has 2 aromatic heterocycles. The van der Waals surface area contributed by atoms with Gasteiger partial charge in [-0.25, -0.2) is 13.8 Å². The molecule has 0 radical (unpaired) electrons. The van der Waals surface area contributed by atoms with Crippen molar-refractivity contribution in [2.75, 3.05) is 13.2 Å². The zero-order valence-corrected chi connectivity index (χ0v) is 10.0. The Kier molecular flexibility index (Phi) is 3.58. The van der Waals surface area contributed by atoms with Crippen LogP contribution in [-0.4, -0.2) is 33.6 Å². The SMILES string of the molecule is Cc1nc2ccccn2c1CNCC(F)(F)CO. The highest BCUT2D eigenvalue weighted by Gasteiger charge is 2.27. The molecule has 0 aliphatic heterocycles. The number of halogens is 2. The number of rotatable bonds is 5. The first-order valence-corrected chi connectivity index (χ1v) is 5.65. The fraction of sp³-hybridized carbons (Fsp3) is 0.417. The van der Waals surface area contributed by atoms with Crippen molar-refractivity contribution in [2.45, 2.75) is 19.4 Å². The molecule has 2 rings (SSSR count). The Hall–Kier alpha value is -1.53. The quantitative estimate of drug-likeness (QED) is 0.848. The van der Waals surface area contributed by atoms with E-state index in [1.165, 1.54) is 0 Å². The van der Waals surface area contributed by atoms with E-state index in [0.717, 1.165) is 17.0 Å². The predicted octanol–water partition coefficient (Wildman–Crippen LogP) is 1.36. The lowest BCUT2D eigenvalue weighted by Crippen LogP contribution is -2.35. The molecular formula is C12H15F2N3O. The Bertz CT molecular complexity index is 539. The molecule has 0 saturated heterocycles. The van der Waals surface area contributed by atoms with E-state index in [-0.39, 0.29) is 6.54 Å². The summed E-state index contributed by atoms with van der Waals surface area (Å²) in [5.74, 6) is -3.09. The largest absolute Gasteiger partial charge is 0.390 e. The standard InChI is InChI=1S/C12H15F2N3O/c1-9-10(6-15-7-12(13,14)8-18)17-5-3-2-4-11(17)16-9/h2-5,15,18H,6-8H2,1H3. The topological polar surface area (TPSA) is 49.6 Å². The molecule has 0 saturated carbocycles. The van der Waals surface area contributed by atoms with Crippen LogP contribution in [0, 0.1) is 6.92 Å². The summed E-state index contributed by atoms with van der Waals surface area (Å²) in [6.45, 7) is 0.427. The Morgan fingerprint density at radius 3 is 2.94 bits per heavy atom. The van der Waals surface area contributed by atoms with Crippen LogP contribution in [0.4, 0.5) is 8.78 Å². The van der Waals surface area contributed by atoms with E-state index >= 15 is 0 Å². The van der Waals surface area contributed by atoms with Crippen molar-refractivity contribution in [1.29, 1.82) is 0 Å². The third-order valence-corrected chi connectivity index (χ3v) is 2.74. The number of aromatic nitrogens is 2. The van der Waals surface area contributed by atoms with Crippen LogP contribution in [0.25, 0.3) is 5.65 Å². The number of hydrogen-bond donors (Lipinski definition) is 2. The van der Waals surface area contributed by atoms with Gasteiger partial charge in [-0.1, -0.05) is 6.07 Å². The minimum atomic E-state index is -3.09. The summed E-state index contributed by atoms with van der Waals surface area (Å²) in [4.78, 5) is 4.33. The fourth-order valence-electron chi connectivity index (χ4n) is 1.80. The van der Waals surface area contributed by atoms with Crippen molar-refractivity contribution in [3.63, 3.8) is 0 Å². The first-order chi connectivity index (χ1) is 8.53. The highest BCUT2D eigenvalue weighted by atomic mass is 19.3. The maximum absolute atomic E-state index is 12.9. The number of aliphatic hydroxyl groups excluding tert-OH is 1. The van der Waals surface area contributed by atoms with Gasteiger partial charge in [0.2, 0.25) is 0 Å². The van der Waals surface area contributed by atoms with Crippen molar-refractivity contribution in [3.05, 3.63) is 35.8 Å². The van der Waals surface area contributed by atoms with Gasteiger partial charge in [-0.15, -0.1) is 0 Å². The van der Waals surface area contributed by atoms with E-state index in [0.29, 0.717) is 0 Å². The van der Waals surface area contributed by atoms with E-state index in [9.17, 15) is 8.78 Å². The molecule has 98 valence electrons. The first-order valence-electron chi connectivity index (χ1n) is 5.65. The summed E-state index contributed by atoms with van der Waals surface area (Å²) in [6.07, 6.45) is 1.84. The lowest BCUT2D eigenvalue weighted by molar-refractivity contribution is -0.0478. The van der Waals surface area contributed by atoms with E-state index in [1.807, 2.05) is 35.7 Å². The summed E-state index contributed by atoms with van der Waals surface area (Å²) in [5.41, 5.74) is 2.45. The molecule has 0 bridgehead atoms. The van der Waals surface area contributed by atoms with Crippen LogP contribution in [0.15, 0.2) is 24.4 Å². The number of pyridine rings is 1. The zero-order chi connectivity index (χ0) is 13.2. The maximum Gasteiger partial charge on any atom is 0.282 e. The van der Waals surface area contributed by atoms with Crippen molar-refractivity contribution in [2.24, 2.45) is 0 Å². The number of nitrogens with zero attached hydrogens (tertiary/aromatic N) is 2. The molecule has 2 N–H and O–H groups in total. The van der Waals surface area contributed by atoms with Crippen molar-refractivity contribution in [1.82, 2.24) is 14.7 Å². The van der Waals surface area contributed by atoms with E-state index in [4.69, 9.17) is 5.11 Å². The minimum Gasteiger partial charge on any atom is -0.390 e. The number of alkyl halides is 2. The van der Waals surface area contributed by atoms with Crippen molar-refractivity contribution in [3.8, 4) is 0 Å². The third kappa shape index (κ3) is 2.65. The summed E-state index contributed by atoms with van der Waals surface area (Å²) < 4.78 is 27.6. The molecule has 0 aliphatic rings. The van der Waals surface area contributed by atoms with Gasteiger partial charge in [0.1, 0.15) is 12.3 Å². The normalized spacial score (nSPS) is 12.2. The molecule has 2 heterocycles. The second-order valence-electron chi connectivity index (χ2n) is 4.19. The average molecular weight is 255 g/mol. The van der Waals surface area contributed by atoms with Gasteiger partial charge in [-0.2, -0.15) is 0 Å². The molecule has 0 fully saturated rings. The predicted molar refractivity (Wildman–Crippen MR) is 63.7 cm³/mol. The second kappa shape index (κ2) is 4.99. The molecule has 0 unspecified atom stereocenters. The minimum absolute atomic E-state index is 0.284. The van der Waals surface area contributed by atoms with Gasteiger partial charge in [-0.05, 0) is 19.1 Å². The highest BCUT2D eigenvalue weighted by molar-refractivity contribution is 5.42. The van der Waals surface area contributed by atoms with Gasteiger partial charge in [-0.3, -0.25) is 0 Å². The fourth-order valence-corrected chi connectivity index (χ4v) is 1.80. The summed E-state index contributed by atoms with van der Waals surface area (Å²) >= 11 is 0. The number of nitrogens with one attached hydrogen (secondary N) is 1. The molecule has 0 aliphatic carbocycles. The molecular weight excluding hydrogens is 240 g/mol. The number of hydrogen-bond acceptors (Lipinski definition) is 3. The van der Waals surface area contributed by atoms with Gasteiger partial charge >= 0.3 is 0 Å². The molecule has 4 nitrogen and oxygen atoms in total. The Balaban J connectivity index is 2.10. The molecule has 0 amide bonds. The lowest BCUT2D eigenvalue weighted by atomic mass is 10.3. The van der Waals surface area contributed by atoms with Crippen LogP contribution in [-0.2, 0) is 6.54 Å². The molecule has 18 heavy (non-hydrogen) atoms. The molecule has 2 aromatic rings. The highest BCUT2D eigenvalue weighted by Crippen LogP contribution is 2.13. The number of fused-ring (bicyclic) bond motifs is 1. The van der Waals surface area contributed by atoms with E-state index in [1.54, 1.807) is 0 Å². The van der Waals surface area contributed by atoms with Gasteiger partial charge in [0.05, 0.1) is 17.9 Å². The van der Waals surface area contributed by atoms with Gasteiger partial charge in [0, 0.05) is 12.7 Å². The lowest BCUT2D eigenvalue weighted by Gasteiger charge is -2.14. The number of aryl methyl sites for hydroxylation is 1. The number of aliphatic hydroxyl groups is 1.